The number of benzene rings is 3. The molecule has 0 aliphatic rings. The minimum atomic E-state index is -0.668. The van der Waals surface area contributed by atoms with Gasteiger partial charge in [-0.25, -0.2) is 0 Å². The Hall–Kier alpha value is -2.86. The van der Waals surface area contributed by atoms with Crippen molar-refractivity contribution in [1.82, 2.24) is 0 Å². The van der Waals surface area contributed by atoms with Crippen molar-refractivity contribution in [2.75, 3.05) is 0 Å². The molecular weight excluding hydrogens is 280 g/mol. The van der Waals surface area contributed by atoms with E-state index in [4.69, 9.17) is 0 Å². The van der Waals surface area contributed by atoms with E-state index in [1.807, 2.05) is 66.7 Å². The lowest BCUT2D eigenvalue weighted by molar-refractivity contribution is 0.229. The molecule has 0 amide bonds. The van der Waals surface area contributed by atoms with Gasteiger partial charge in [0, 0.05) is 5.57 Å². The van der Waals surface area contributed by atoms with Crippen LogP contribution in [0.15, 0.2) is 103 Å². The minimum absolute atomic E-state index is 0.668. The van der Waals surface area contributed by atoms with E-state index >= 15 is 0 Å². The minimum Gasteiger partial charge on any atom is -0.384 e. The van der Waals surface area contributed by atoms with Gasteiger partial charge < -0.3 is 5.11 Å². The number of hydrogen-bond donors (Lipinski definition) is 1. The van der Waals surface area contributed by atoms with Gasteiger partial charge in [-0.3, -0.25) is 0 Å². The molecule has 0 aliphatic heterocycles. The summed E-state index contributed by atoms with van der Waals surface area (Å²) in [4.78, 5) is 0. The zero-order chi connectivity index (χ0) is 15.9. The van der Waals surface area contributed by atoms with Gasteiger partial charge in [0.2, 0.25) is 0 Å². The normalized spacial score (nSPS) is 11.3. The molecule has 0 heterocycles. The summed E-state index contributed by atoms with van der Waals surface area (Å²) in [5.74, 6) is 0. The molecule has 1 atom stereocenters. The molecule has 0 saturated carbocycles. The third-order valence-electron chi connectivity index (χ3n) is 3.65. The van der Waals surface area contributed by atoms with Crippen LogP contribution in [-0.4, -0.2) is 5.11 Å². The molecule has 3 aromatic carbocycles. The van der Waals surface area contributed by atoms with E-state index < -0.39 is 6.10 Å². The smallest absolute Gasteiger partial charge is 0.105 e. The molecular formula is C22H18O. The molecule has 0 aliphatic carbocycles. The van der Waals surface area contributed by atoms with Gasteiger partial charge in [0.25, 0.3) is 0 Å². The van der Waals surface area contributed by atoms with Gasteiger partial charge in [-0.2, -0.15) is 0 Å². The van der Waals surface area contributed by atoms with Crippen molar-refractivity contribution in [2.24, 2.45) is 0 Å². The van der Waals surface area contributed by atoms with Crippen LogP contribution in [0.5, 0.6) is 0 Å². The molecule has 0 unspecified atom stereocenters. The van der Waals surface area contributed by atoms with Crippen molar-refractivity contribution in [2.45, 2.75) is 6.10 Å². The number of hydrogen-bond acceptors (Lipinski definition) is 1. The summed E-state index contributed by atoms with van der Waals surface area (Å²) in [7, 11) is 0. The highest BCUT2D eigenvalue weighted by Gasteiger charge is 2.05. The van der Waals surface area contributed by atoms with Gasteiger partial charge in [0.05, 0.1) is 0 Å². The maximum Gasteiger partial charge on any atom is 0.105 e. The molecule has 3 rings (SSSR count). The van der Waals surface area contributed by atoms with Crippen LogP contribution in [-0.2, 0) is 0 Å². The highest BCUT2D eigenvalue weighted by molar-refractivity contribution is 5.79. The summed E-state index contributed by atoms with van der Waals surface area (Å²) < 4.78 is 0. The van der Waals surface area contributed by atoms with Crippen LogP contribution in [0.1, 0.15) is 22.8 Å². The Balaban J connectivity index is 2.03. The third-order valence-corrected chi connectivity index (χ3v) is 3.65. The lowest BCUT2D eigenvalue weighted by Crippen LogP contribution is -1.92. The molecule has 0 radical (unpaired) electrons. The maximum absolute atomic E-state index is 10.3. The van der Waals surface area contributed by atoms with Crippen molar-refractivity contribution in [3.63, 3.8) is 0 Å². The Bertz CT molecular complexity index is 757. The van der Waals surface area contributed by atoms with Crippen molar-refractivity contribution < 1.29 is 5.11 Å². The quantitative estimate of drug-likeness (QED) is 0.671. The van der Waals surface area contributed by atoms with Gasteiger partial charge in [0.15, 0.2) is 0 Å². The largest absolute Gasteiger partial charge is 0.384 e. The Morgan fingerprint density at radius 3 is 1.61 bits per heavy atom. The highest BCUT2D eigenvalue weighted by atomic mass is 16.3. The second-order valence-corrected chi connectivity index (χ2v) is 5.27. The van der Waals surface area contributed by atoms with E-state index in [0.717, 1.165) is 22.3 Å². The van der Waals surface area contributed by atoms with Gasteiger partial charge in [-0.1, -0.05) is 91.0 Å². The summed E-state index contributed by atoms with van der Waals surface area (Å²) in [5, 5.41) is 10.3. The fraction of sp³-hybridized carbons (Fsp3) is 0.0455. The molecule has 0 spiro atoms. The molecule has 1 N–H and O–H groups in total. The third kappa shape index (κ3) is 3.87. The van der Waals surface area contributed by atoms with E-state index in [9.17, 15) is 5.11 Å². The van der Waals surface area contributed by atoms with Crippen molar-refractivity contribution in [1.29, 1.82) is 0 Å². The van der Waals surface area contributed by atoms with Gasteiger partial charge in [-0.15, -0.1) is 5.73 Å². The molecule has 1 nitrogen and oxygen atoms in total. The molecule has 3 aromatic rings. The fourth-order valence-electron chi connectivity index (χ4n) is 2.45. The molecule has 1 heteroatoms. The second-order valence-electron chi connectivity index (χ2n) is 5.27. The Morgan fingerprint density at radius 1 is 0.696 bits per heavy atom. The Morgan fingerprint density at radius 2 is 1.13 bits per heavy atom. The summed E-state index contributed by atoms with van der Waals surface area (Å²) in [6.45, 7) is 0. The van der Waals surface area contributed by atoms with Crippen molar-refractivity contribution in [3.05, 3.63) is 119 Å². The predicted molar refractivity (Wildman–Crippen MR) is 94.9 cm³/mol. The average molecular weight is 298 g/mol. The monoisotopic (exact) mass is 298 g/mol. The number of aliphatic hydroxyl groups is 1. The second kappa shape index (κ2) is 7.42. The van der Waals surface area contributed by atoms with Gasteiger partial charge in [-0.05, 0) is 22.8 Å². The van der Waals surface area contributed by atoms with Crippen LogP contribution in [0.3, 0.4) is 0 Å². The molecule has 23 heavy (non-hydrogen) atoms. The van der Waals surface area contributed by atoms with Crippen LogP contribution >= 0.6 is 0 Å². The zero-order valence-electron chi connectivity index (χ0n) is 12.8. The lowest BCUT2D eigenvalue weighted by Gasteiger charge is -2.07. The summed E-state index contributed by atoms with van der Waals surface area (Å²) in [6.07, 6.45) is 1.05. The first-order valence-electron chi connectivity index (χ1n) is 7.65. The van der Waals surface area contributed by atoms with E-state index in [1.54, 1.807) is 6.08 Å². The topological polar surface area (TPSA) is 20.2 Å². The number of rotatable bonds is 4. The van der Waals surface area contributed by atoms with Crippen LogP contribution in [0.4, 0.5) is 0 Å². The van der Waals surface area contributed by atoms with E-state index in [0.29, 0.717) is 0 Å². The zero-order valence-corrected chi connectivity index (χ0v) is 12.8. The van der Waals surface area contributed by atoms with Crippen molar-refractivity contribution in [3.8, 4) is 0 Å². The molecule has 0 saturated heterocycles. The summed E-state index contributed by atoms with van der Waals surface area (Å²) in [5.41, 5.74) is 7.28. The molecule has 0 bridgehead atoms. The van der Waals surface area contributed by atoms with E-state index in [1.165, 1.54) is 0 Å². The predicted octanol–water partition coefficient (Wildman–Crippen LogP) is 5.01. The van der Waals surface area contributed by atoms with Crippen LogP contribution < -0.4 is 0 Å². The molecule has 0 fully saturated rings. The van der Waals surface area contributed by atoms with Crippen LogP contribution in [0.2, 0.25) is 0 Å². The van der Waals surface area contributed by atoms with E-state index in [2.05, 4.69) is 30.0 Å². The fourth-order valence-corrected chi connectivity index (χ4v) is 2.45. The van der Waals surface area contributed by atoms with Gasteiger partial charge in [0.1, 0.15) is 6.10 Å². The Kier molecular flexibility index (Phi) is 4.85. The van der Waals surface area contributed by atoms with Gasteiger partial charge >= 0.3 is 0 Å². The molecule has 0 aromatic heterocycles. The maximum atomic E-state index is 10.3. The standard InChI is InChI=1S/C22H18O/c23-22(20-14-8-3-9-15-20)17-16-21(18-10-4-1-5-11-18)19-12-6-2-7-13-19/h1-15,17,22-23H/t22-/m0/s1. The summed E-state index contributed by atoms with van der Waals surface area (Å²) in [6, 6.07) is 29.8. The van der Waals surface area contributed by atoms with Crippen LogP contribution in [0, 0.1) is 0 Å². The van der Waals surface area contributed by atoms with E-state index in [-0.39, 0.29) is 0 Å². The first-order chi connectivity index (χ1) is 11.3. The highest BCUT2D eigenvalue weighted by Crippen LogP contribution is 2.23. The summed E-state index contributed by atoms with van der Waals surface area (Å²) >= 11 is 0. The average Bonchev–Trinajstić information content (AvgIpc) is 2.64. The first-order valence-corrected chi connectivity index (χ1v) is 7.65. The molecule has 112 valence electrons. The van der Waals surface area contributed by atoms with Crippen LogP contribution in [0.25, 0.3) is 5.57 Å². The lowest BCUT2D eigenvalue weighted by atomic mass is 9.98. The first kappa shape index (κ1) is 15.1. The van der Waals surface area contributed by atoms with Crippen molar-refractivity contribution >= 4 is 5.57 Å². The Labute approximate surface area is 136 Å². The number of aliphatic hydroxyl groups excluding tert-OH is 1. The SMILES string of the molecule is O[C@@H](C=C=C(c1ccccc1)c1ccccc1)c1ccccc1.